The largest absolute Gasteiger partial charge is 0.494 e. The van der Waals surface area contributed by atoms with Crippen molar-refractivity contribution in [2.24, 2.45) is 0 Å². The molecule has 0 saturated carbocycles. The summed E-state index contributed by atoms with van der Waals surface area (Å²) in [5.74, 6) is 0.284. The van der Waals surface area contributed by atoms with E-state index >= 15 is 0 Å². The van der Waals surface area contributed by atoms with Crippen LogP contribution in [0.3, 0.4) is 0 Å². The summed E-state index contributed by atoms with van der Waals surface area (Å²) in [6.07, 6.45) is 6.54. The highest BCUT2D eigenvalue weighted by Crippen LogP contribution is 2.29. The van der Waals surface area contributed by atoms with Gasteiger partial charge in [0.15, 0.2) is 0 Å². The Balaban J connectivity index is 2.28. The van der Waals surface area contributed by atoms with Crippen LogP contribution in [0.2, 0.25) is 0 Å². The monoisotopic (exact) mass is 259 g/mol. The summed E-state index contributed by atoms with van der Waals surface area (Å²) >= 11 is 0. The molecule has 0 fully saturated rings. The topological polar surface area (TPSA) is 12.5 Å². The maximum Gasteiger partial charge on any atom is 0.136 e. The van der Waals surface area contributed by atoms with E-state index in [1.165, 1.54) is 6.07 Å². The molecular weight excluding hydrogens is 241 g/mol. The van der Waals surface area contributed by atoms with Gasteiger partial charge in [-0.05, 0) is 30.7 Å². The molecule has 0 bridgehead atoms. The van der Waals surface area contributed by atoms with Crippen molar-refractivity contribution < 1.29 is 9.13 Å². The average Bonchev–Trinajstić information content (AvgIpc) is 2.40. The number of rotatable bonds is 4. The second-order valence-corrected chi connectivity index (χ2v) is 4.45. The first kappa shape index (κ1) is 13.4. The van der Waals surface area contributed by atoms with Crippen LogP contribution in [0.1, 0.15) is 18.9 Å². The Morgan fingerprint density at radius 1 is 1.37 bits per heavy atom. The zero-order valence-corrected chi connectivity index (χ0v) is 11.3. The van der Waals surface area contributed by atoms with E-state index in [0.29, 0.717) is 17.9 Å². The molecule has 0 aliphatic carbocycles. The van der Waals surface area contributed by atoms with E-state index in [9.17, 15) is 4.39 Å². The van der Waals surface area contributed by atoms with Gasteiger partial charge in [-0.2, -0.15) is 0 Å². The van der Waals surface area contributed by atoms with E-state index < -0.39 is 0 Å². The molecule has 1 aromatic rings. The number of ether oxygens (including phenoxy) is 1. The number of nitrogens with zero attached hydrogens (tertiary/aromatic N) is 1. The molecule has 1 heterocycles. The summed E-state index contributed by atoms with van der Waals surface area (Å²) in [6.45, 7) is 6.53. The lowest BCUT2D eigenvalue weighted by molar-refractivity contribution is 0.315. The summed E-state index contributed by atoms with van der Waals surface area (Å²) in [7, 11) is 1.87. The Kier molecular flexibility index (Phi) is 4.05. The molecule has 0 N–H and O–H groups in total. The standard InChI is InChI=1S/C16H18FNO/c1-4-10-19-13-8-9-14(15(17)11-13)16-7-5-6-12(2)18(16)3/h5-9,11H,2,4,10H2,1,3H3. The highest BCUT2D eigenvalue weighted by Gasteiger charge is 2.15. The third-order valence-electron chi connectivity index (χ3n) is 3.02. The fourth-order valence-electron chi connectivity index (χ4n) is 1.91. The van der Waals surface area contributed by atoms with Crippen molar-refractivity contribution in [3.8, 4) is 5.75 Å². The number of likely N-dealkylation sites (N-methyl/N-ethyl adjacent to an activating group) is 1. The predicted molar refractivity (Wildman–Crippen MR) is 76.2 cm³/mol. The first-order valence-corrected chi connectivity index (χ1v) is 6.37. The van der Waals surface area contributed by atoms with Crippen molar-refractivity contribution in [3.63, 3.8) is 0 Å². The lowest BCUT2D eigenvalue weighted by Crippen LogP contribution is -2.17. The SMILES string of the molecule is C=C1C=CC=C(c2ccc(OCCC)cc2F)N1C. The maximum absolute atomic E-state index is 14.2. The summed E-state index contributed by atoms with van der Waals surface area (Å²) in [4.78, 5) is 1.87. The van der Waals surface area contributed by atoms with E-state index in [4.69, 9.17) is 4.74 Å². The molecule has 1 aliphatic rings. The molecule has 0 unspecified atom stereocenters. The lowest BCUT2D eigenvalue weighted by Gasteiger charge is -2.26. The van der Waals surface area contributed by atoms with E-state index in [0.717, 1.165) is 17.8 Å². The summed E-state index contributed by atoms with van der Waals surface area (Å²) < 4.78 is 19.6. The normalized spacial score (nSPS) is 14.6. The van der Waals surface area contributed by atoms with Crippen LogP contribution in [0.25, 0.3) is 5.70 Å². The summed E-state index contributed by atoms with van der Waals surface area (Å²) in [6, 6.07) is 4.97. The van der Waals surface area contributed by atoms with Crippen LogP contribution in [-0.2, 0) is 0 Å². The van der Waals surface area contributed by atoms with E-state index in [-0.39, 0.29) is 5.82 Å². The van der Waals surface area contributed by atoms with Gasteiger partial charge in [-0.1, -0.05) is 19.6 Å². The van der Waals surface area contributed by atoms with Gasteiger partial charge in [0.05, 0.1) is 12.3 Å². The quantitative estimate of drug-likeness (QED) is 0.811. The fraction of sp³-hybridized carbons (Fsp3) is 0.250. The third kappa shape index (κ3) is 2.87. The molecule has 2 rings (SSSR count). The van der Waals surface area contributed by atoms with Gasteiger partial charge in [0.25, 0.3) is 0 Å². The van der Waals surface area contributed by atoms with Crippen molar-refractivity contribution in [1.82, 2.24) is 4.90 Å². The zero-order valence-electron chi connectivity index (χ0n) is 11.3. The molecular formula is C16H18FNO. The number of hydrogen-bond acceptors (Lipinski definition) is 2. The second-order valence-electron chi connectivity index (χ2n) is 4.45. The van der Waals surface area contributed by atoms with Gasteiger partial charge >= 0.3 is 0 Å². The van der Waals surface area contributed by atoms with Gasteiger partial charge in [0, 0.05) is 24.4 Å². The number of benzene rings is 1. The molecule has 19 heavy (non-hydrogen) atoms. The van der Waals surface area contributed by atoms with E-state index in [1.54, 1.807) is 12.1 Å². The van der Waals surface area contributed by atoms with Crippen molar-refractivity contribution in [2.75, 3.05) is 13.7 Å². The number of halogens is 1. The van der Waals surface area contributed by atoms with Gasteiger partial charge < -0.3 is 9.64 Å². The first-order chi connectivity index (χ1) is 9.13. The molecule has 0 atom stereocenters. The molecule has 0 amide bonds. The molecule has 2 nitrogen and oxygen atoms in total. The Labute approximate surface area is 113 Å². The van der Waals surface area contributed by atoms with Crippen molar-refractivity contribution in [2.45, 2.75) is 13.3 Å². The summed E-state index contributed by atoms with van der Waals surface area (Å²) in [5.41, 5.74) is 2.19. The average molecular weight is 259 g/mol. The Morgan fingerprint density at radius 3 is 2.84 bits per heavy atom. The Hall–Kier alpha value is -2.03. The van der Waals surface area contributed by atoms with Crippen LogP contribution in [0.5, 0.6) is 5.75 Å². The number of hydrogen-bond donors (Lipinski definition) is 0. The third-order valence-corrected chi connectivity index (χ3v) is 3.02. The van der Waals surface area contributed by atoms with E-state index in [2.05, 4.69) is 6.58 Å². The minimum absolute atomic E-state index is 0.283. The molecule has 0 saturated heterocycles. The van der Waals surface area contributed by atoms with Gasteiger partial charge in [-0.3, -0.25) is 0 Å². The van der Waals surface area contributed by atoms with E-state index in [1.807, 2.05) is 37.1 Å². The van der Waals surface area contributed by atoms with Crippen molar-refractivity contribution >= 4 is 5.70 Å². The van der Waals surface area contributed by atoms with Crippen LogP contribution in [-0.4, -0.2) is 18.6 Å². The molecule has 3 heteroatoms. The van der Waals surface area contributed by atoms with Gasteiger partial charge in [-0.15, -0.1) is 0 Å². The van der Waals surface area contributed by atoms with Crippen LogP contribution in [0.15, 0.2) is 48.7 Å². The summed E-state index contributed by atoms with van der Waals surface area (Å²) in [5, 5.41) is 0. The molecule has 0 aromatic heterocycles. The second kappa shape index (κ2) is 5.74. The van der Waals surface area contributed by atoms with Crippen LogP contribution in [0.4, 0.5) is 4.39 Å². The zero-order chi connectivity index (χ0) is 13.8. The van der Waals surface area contributed by atoms with Gasteiger partial charge in [-0.25, -0.2) is 4.39 Å². The van der Waals surface area contributed by atoms with Crippen molar-refractivity contribution in [1.29, 1.82) is 0 Å². The molecule has 0 spiro atoms. The molecule has 1 aliphatic heterocycles. The van der Waals surface area contributed by atoms with Gasteiger partial charge in [0.2, 0.25) is 0 Å². The van der Waals surface area contributed by atoms with Crippen LogP contribution >= 0.6 is 0 Å². The van der Waals surface area contributed by atoms with Gasteiger partial charge in [0.1, 0.15) is 11.6 Å². The van der Waals surface area contributed by atoms with Crippen LogP contribution < -0.4 is 4.74 Å². The molecule has 1 aromatic carbocycles. The first-order valence-electron chi connectivity index (χ1n) is 6.37. The smallest absolute Gasteiger partial charge is 0.136 e. The van der Waals surface area contributed by atoms with Crippen molar-refractivity contribution in [3.05, 3.63) is 60.1 Å². The highest BCUT2D eigenvalue weighted by molar-refractivity contribution is 5.70. The highest BCUT2D eigenvalue weighted by atomic mass is 19.1. The molecule has 100 valence electrons. The Bertz CT molecular complexity index is 546. The predicted octanol–water partition coefficient (Wildman–Crippen LogP) is 3.97. The maximum atomic E-state index is 14.2. The van der Waals surface area contributed by atoms with Crippen LogP contribution in [0, 0.1) is 5.82 Å². The minimum atomic E-state index is -0.283. The fourth-order valence-corrected chi connectivity index (χ4v) is 1.91. The lowest BCUT2D eigenvalue weighted by atomic mass is 10.1. The molecule has 0 radical (unpaired) electrons. The Morgan fingerprint density at radius 2 is 2.16 bits per heavy atom. The number of allylic oxidation sites excluding steroid dienone is 3. The minimum Gasteiger partial charge on any atom is -0.494 e.